The largest absolute Gasteiger partial charge is 0.478 e. The average Bonchev–Trinajstić information content (AvgIpc) is 1.85. The van der Waals surface area contributed by atoms with Crippen molar-refractivity contribution in [3.63, 3.8) is 0 Å². The number of carboxylic acid groups (broad SMARTS) is 1. The molecule has 0 saturated carbocycles. The minimum absolute atomic E-state index is 0. The molecule has 0 spiro atoms. The Morgan fingerprint density at radius 2 is 2.08 bits per heavy atom. The van der Waals surface area contributed by atoms with E-state index in [9.17, 15) is 4.79 Å². The minimum atomic E-state index is -0.979. The Bertz CT molecular complexity index is 283. The molecule has 66 valence electrons. The fraction of sp³-hybridized carbons (Fsp3) is 0. The number of nitrogens with two attached hydrogens (primary N) is 1. The molecule has 0 aliphatic rings. The molecule has 0 bridgehead atoms. The third-order valence-corrected chi connectivity index (χ3v) is 2.16. The standard InChI is InChI=1S/C7H6INO2.ClH/c8-4-2-1-3-5(9)6(4)7(10)11;/h1-3H,9H2,(H,10,11);1H. The van der Waals surface area contributed by atoms with Crippen molar-refractivity contribution in [3.05, 3.63) is 27.3 Å². The van der Waals surface area contributed by atoms with Gasteiger partial charge < -0.3 is 10.8 Å². The normalized spacial score (nSPS) is 8.75. The van der Waals surface area contributed by atoms with Crippen molar-refractivity contribution >= 4 is 46.7 Å². The molecule has 12 heavy (non-hydrogen) atoms. The van der Waals surface area contributed by atoms with E-state index in [0.717, 1.165) is 0 Å². The lowest BCUT2D eigenvalue weighted by Crippen LogP contribution is -2.04. The molecule has 3 N–H and O–H groups in total. The molecular weight excluding hydrogens is 292 g/mol. The summed E-state index contributed by atoms with van der Waals surface area (Å²) in [6.45, 7) is 0. The van der Waals surface area contributed by atoms with Crippen molar-refractivity contribution < 1.29 is 9.90 Å². The molecule has 0 saturated heterocycles. The Balaban J connectivity index is 0.00000121. The van der Waals surface area contributed by atoms with E-state index in [2.05, 4.69) is 0 Å². The summed E-state index contributed by atoms with van der Waals surface area (Å²) in [5.74, 6) is -0.979. The van der Waals surface area contributed by atoms with Gasteiger partial charge in [0.25, 0.3) is 0 Å². The number of nitrogen functional groups attached to an aromatic ring is 1. The molecule has 0 aliphatic heterocycles. The van der Waals surface area contributed by atoms with Gasteiger partial charge in [-0.15, -0.1) is 12.4 Å². The Morgan fingerprint density at radius 3 is 2.42 bits per heavy atom. The first-order valence-electron chi connectivity index (χ1n) is 2.90. The number of hydrogen-bond donors (Lipinski definition) is 2. The second kappa shape index (κ2) is 4.51. The predicted octanol–water partition coefficient (Wildman–Crippen LogP) is 1.99. The van der Waals surface area contributed by atoms with E-state index in [1.54, 1.807) is 18.2 Å². The lowest BCUT2D eigenvalue weighted by molar-refractivity contribution is 0.0697. The van der Waals surface area contributed by atoms with Gasteiger partial charge in [0.15, 0.2) is 0 Å². The molecule has 0 heterocycles. The maximum Gasteiger partial charge on any atom is 0.338 e. The minimum Gasteiger partial charge on any atom is -0.478 e. The van der Waals surface area contributed by atoms with Gasteiger partial charge in [0.1, 0.15) is 0 Å². The van der Waals surface area contributed by atoms with Crippen LogP contribution in [0.4, 0.5) is 5.69 Å². The molecule has 5 heteroatoms. The van der Waals surface area contributed by atoms with Gasteiger partial charge in [0, 0.05) is 9.26 Å². The van der Waals surface area contributed by atoms with Gasteiger partial charge in [-0.1, -0.05) is 6.07 Å². The molecule has 0 atom stereocenters. The van der Waals surface area contributed by atoms with Crippen molar-refractivity contribution in [2.24, 2.45) is 0 Å². The number of benzene rings is 1. The number of anilines is 1. The zero-order valence-corrected chi connectivity index (χ0v) is 8.93. The van der Waals surface area contributed by atoms with Crippen LogP contribution in [-0.4, -0.2) is 11.1 Å². The van der Waals surface area contributed by atoms with Crippen LogP contribution in [0.1, 0.15) is 10.4 Å². The second-order valence-corrected chi connectivity index (χ2v) is 3.17. The van der Waals surface area contributed by atoms with Crippen LogP contribution < -0.4 is 5.73 Å². The van der Waals surface area contributed by atoms with Crippen LogP contribution in [0.5, 0.6) is 0 Å². The van der Waals surface area contributed by atoms with Crippen LogP contribution in [0.3, 0.4) is 0 Å². The fourth-order valence-electron chi connectivity index (χ4n) is 0.766. The Morgan fingerprint density at radius 1 is 1.50 bits per heavy atom. The van der Waals surface area contributed by atoms with E-state index in [0.29, 0.717) is 9.26 Å². The second-order valence-electron chi connectivity index (χ2n) is 2.01. The third-order valence-electron chi connectivity index (χ3n) is 1.26. The molecule has 0 unspecified atom stereocenters. The first-order valence-corrected chi connectivity index (χ1v) is 3.98. The number of aromatic carboxylic acids is 1. The van der Waals surface area contributed by atoms with E-state index in [1.165, 1.54) is 0 Å². The summed E-state index contributed by atoms with van der Waals surface area (Å²) in [6.07, 6.45) is 0. The van der Waals surface area contributed by atoms with Crippen molar-refractivity contribution in [2.75, 3.05) is 5.73 Å². The number of carboxylic acids is 1. The summed E-state index contributed by atoms with van der Waals surface area (Å²) in [6, 6.07) is 5.01. The molecule has 0 fully saturated rings. The predicted molar refractivity (Wildman–Crippen MR) is 57.8 cm³/mol. The summed E-state index contributed by atoms with van der Waals surface area (Å²) in [7, 11) is 0. The highest BCUT2D eigenvalue weighted by atomic mass is 127. The number of rotatable bonds is 1. The third kappa shape index (κ3) is 2.25. The molecule has 0 aromatic heterocycles. The molecule has 1 aromatic carbocycles. The van der Waals surface area contributed by atoms with Gasteiger partial charge in [-0.25, -0.2) is 4.79 Å². The van der Waals surface area contributed by atoms with Crippen LogP contribution in [0.15, 0.2) is 18.2 Å². The summed E-state index contributed by atoms with van der Waals surface area (Å²) < 4.78 is 0.662. The lowest BCUT2D eigenvalue weighted by Gasteiger charge is -2.01. The van der Waals surface area contributed by atoms with Gasteiger partial charge >= 0.3 is 5.97 Å². The molecule has 1 aromatic rings. The van der Waals surface area contributed by atoms with Gasteiger partial charge in [0.05, 0.1) is 5.56 Å². The summed E-state index contributed by atoms with van der Waals surface area (Å²) in [5.41, 5.74) is 5.93. The maximum absolute atomic E-state index is 10.6. The number of carbonyl (C=O) groups is 1. The van der Waals surface area contributed by atoms with Crippen LogP contribution >= 0.6 is 35.0 Å². The molecule has 3 nitrogen and oxygen atoms in total. The molecule has 0 amide bonds. The van der Waals surface area contributed by atoms with Crippen LogP contribution in [0, 0.1) is 3.57 Å². The van der Waals surface area contributed by atoms with E-state index in [-0.39, 0.29) is 18.0 Å². The van der Waals surface area contributed by atoms with Crippen molar-refractivity contribution in [2.45, 2.75) is 0 Å². The topological polar surface area (TPSA) is 63.3 Å². The van der Waals surface area contributed by atoms with Gasteiger partial charge in [-0.3, -0.25) is 0 Å². The Kier molecular flexibility index (Phi) is 4.33. The Hall–Kier alpha value is -0.490. The van der Waals surface area contributed by atoms with Crippen molar-refractivity contribution in [1.82, 2.24) is 0 Å². The van der Waals surface area contributed by atoms with Gasteiger partial charge in [0.2, 0.25) is 0 Å². The van der Waals surface area contributed by atoms with Crippen LogP contribution in [0.25, 0.3) is 0 Å². The maximum atomic E-state index is 10.6. The molecule has 0 aliphatic carbocycles. The summed E-state index contributed by atoms with van der Waals surface area (Å²) in [5, 5.41) is 8.66. The van der Waals surface area contributed by atoms with Crippen LogP contribution in [0.2, 0.25) is 0 Å². The average molecular weight is 299 g/mol. The summed E-state index contributed by atoms with van der Waals surface area (Å²) >= 11 is 1.94. The van der Waals surface area contributed by atoms with E-state index in [4.69, 9.17) is 10.8 Å². The quantitative estimate of drug-likeness (QED) is 0.616. The monoisotopic (exact) mass is 299 g/mol. The number of hydrogen-bond acceptors (Lipinski definition) is 2. The zero-order chi connectivity index (χ0) is 8.43. The lowest BCUT2D eigenvalue weighted by atomic mass is 10.2. The highest BCUT2D eigenvalue weighted by Gasteiger charge is 2.10. The van der Waals surface area contributed by atoms with E-state index in [1.807, 2.05) is 22.6 Å². The van der Waals surface area contributed by atoms with Crippen molar-refractivity contribution in [3.8, 4) is 0 Å². The van der Waals surface area contributed by atoms with Gasteiger partial charge in [-0.2, -0.15) is 0 Å². The van der Waals surface area contributed by atoms with Crippen molar-refractivity contribution in [1.29, 1.82) is 0 Å². The molecular formula is C7H7ClINO2. The fourth-order valence-corrected chi connectivity index (χ4v) is 1.52. The Labute approximate surface area is 89.5 Å². The summed E-state index contributed by atoms with van der Waals surface area (Å²) in [4.78, 5) is 10.6. The van der Waals surface area contributed by atoms with E-state index < -0.39 is 5.97 Å². The highest BCUT2D eigenvalue weighted by molar-refractivity contribution is 14.1. The molecule has 1 rings (SSSR count). The van der Waals surface area contributed by atoms with Crippen LogP contribution in [-0.2, 0) is 0 Å². The smallest absolute Gasteiger partial charge is 0.338 e. The SMILES string of the molecule is Cl.Nc1cccc(I)c1C(=O)O. The highest BCUT2D eigenvalue weighted by Crippen LogP contribution is 2.18. The zero-order valence-electron chi connectivity index (χ0n) is 5.95. The molecule has 0 radical (unpaired) electrons. The number of halogens is 2. The first kappa shape index (κ1) is 11.5. The van der Waals surface area contributed by atoms with Gasteiger partial charge in [-0.05, 0) is 34.7 Å². The van der Waals surface area contributed by atoms with E-state index >= 15 is 0 Å². The first-order chi connectivity index (χ1) is 5.13.